The summed E-state index contributed by atoms with van der Waals surface area (Å²) in [6.45, 7) is 0.198. The largest absolute Gasteiger partial charge is 0.394 e. The maximum absolute atomic E-state index is 11.4. The van der Waals surface area contributed by atoms with Gasteiger partial charge in [0.05, 0.1) is 18.6 Å². The van der Waals surface area contributed by atoms with Crippen molar-refractivity contribution in [3.05, 3.63) is 0 Å². The van der Waals surface area contributed by atoms with Crippen molar-refractivity contribution < 1.29 is 30.3 Å². The second kappa shape index (κ2) is 6.98. The summed E-state index contributed by atoms with van der Waals surface area (Å²) in [5, 5.41) is 51.4. The summed E-state index contributed by atoms with van der Waals surface area (Å²) in [4.78, 5) is 11.4. The van der Waals surface area contributed by atoms with E-state index in [0.29, 0.717) is 13.1 Å². The van der Waals surface area contributed by atoms with Gasteiger partial charge >= 0.3 is 0 Å². The van der Waals surface area contributed by atoms with Gasteiger partial charge in [0, 0.05) is 19.6 Å². The fourth-order valence-electron chi connectivity index (χ4n) is 1.51. The van der Waals surface area contributed by atoms with Crippen molar-refractivity contribution in [2.75, 3.05) is 26.2 Å². The first-order chi connectivity index (χ1) is 8.47. The number of aliphatic hydroxyl groups excluding tert-OH is 5. The summed E-state index contributed by atoms with van der Waals surface area (Å²) in [7, 11) is 0. The fourth-order valence-corrected chi connectivity index (χ4v) is 1.51. The van der Waals surface area contributed by atoms with E-state index >= 15 is 0 Å². The summed E-state index contributed by atoms with van der Waals surface area (Å²) in [6.07, 6.45) is -6.28. The minimum Gasteiger partial charge on any atom is -0.394 e. The van der Waals surface area contributed by atoms with Crippen molar-refractivity contribution in [1.82, 2.24) is 10.6 Å². The summed E-state index contributed by atoms with van der Waals surface area (Å²) >= 11 is 0. The van der Waals surface area contributed by atoms with E-state index in [-0.39, 0.29) is 18.4 Å². The molecule has 0 spiro atoms. The lowest BCUT2D eigenvalue weighted by molar-refractivity contribution is -0.130. The molecule has 7 N–H and O–H groups in total. The van der Waals surface area contributed by atoms with Crippen LogP contribution in [0.2, 0.25) is 0 Å². The molecule has 1 saturated heterocycles. The standard InChI is InChI=1S/C10H20N2O6/c13-4-7(15)9(17)8(16)6(14)3-12-10(18)5-1-11-2-5/h5-9,11,13-17H,1-4H2,(H,12,18)/t6-,7+,8+,9+/m0/s1. The molecular weight excluding hydrogens is 244 g/mol. The zero-order valence-electron chi connectivity index (χ0n) is 9.86. The number of rotatable bonds is 7. The highest BCUT2D eigenvalue weighted by Gasteiger charge is 2.31. The SMILES string of the molecule is O=C(NC[C@H](O)[C@@H](O)[C@H](O)[C@H](O)CO)C1CNC1. The molecule has 1 heterocycles. The van der Waals surface area contributed by atoms with Gasteiger partial charge < -0.3 is 36.2 Å². The van der Waals surface area contributed by atoms with Crippen molar-refractivity contribution >= 4 is 5.91 Å². The lowest BCUT2D eigenvalue weighted by Crippen LogP contribution is -2.54. The molecule has 0 saturated carbocycles. The second-order valence-corrected chi connectivity index (χ2v) is 4.40. The normalized spacial score (nSPS) is 22.7. The first kappa shape index (κ1) is 15.3. The van der Waals surface area contributed by atoms with E-state index in [1.54, 1.807) is 0 Å². The van der Waals surface area contributed by atoms with Crippen molar-refractivity contribution in [3.8, 4) is 0 Å². The Balaban J connectivity index is 2.30. The molecule has 0 bridgehead atoms. The molecule has 0 aromatic rings. The molecule has 0 radical (unpaired) electrons. The van der Waals surface area contributed by atoms with Gasteiger partial charge in [-0.25, -0.2) is 0 Å². The quantitative estimate of drug-likeness (QED) is 0.247. The van der Waals surface area contributed by atoms with Gasteiger partial charge in [-0.05, 0) is 0 Å². The molecule has 0 aliphatic carbocycles. The van der Waals surface area contributed by atoms with Crippen molar-refractivity contribution in [2.45, 2.75) is 24.4 Å². The van der Waals surface area contributed by atoms with Crippen molar-refractivity contribution in [1.29, 1.82) is 0 Å². The monoisotopic (exact) mass is 264 g/mol. The molecule has 8 heteroatoms. The number of carbonyl (C=O) groups excluding carboxylic acids is 1. The van der Waals surface area contributed by atoms with Crippen LogP contribution in [-0.2, 0) is 4.79 Å². The molecular formula is C10H20N2O6. The number of aliphatic hydroxyl groups is 5. The van der Waals surface area contributed by atoms with Crippen LogP contribution in [0.25, 0.3) is 0 Å². The van der Waals surface area contributed by atoms with Gasteiger partial charge in [0.1, 0.15) is 18.3 Å². The molecule has 0 aromatic heterocycles. The van der Waals surface area contributed by atoms with Gasteiger partial charge in [-0.1, -0.05) is 0 Å². The van der Waals surface area contributed by atoms with Gasteiger partial charge in [0.15, 0.2) is 0 Å². The van der Waals surface area contributed by atoms with Crippen LogP contribution in [0.4, 0.5) is 0 Å². The van der Waals surface area contributed by atoms with E-state index < -0.39 is 31.0 Å². The minimum atomic E-state index is -1.67. The fraction of sp³-hybridized carbons (Fsp3) is 0.900. The van der Waals surface area contributed by atoms with Crippen molar-refractivity contribution in [3.63, 3.8) is 0 Å². The van der Waals surface area contributed by atoms with Gasteiger partial charge in [-0.2, -0.15) is 0 Å². The molecule has 18 heavy (non-hydrogen) atoms. The van der Waals surface area contributed by atoms with Gasteiger partial charge in [0.2, 0.25) is 5.91 Å². The molecule has 1 aliphatic rings. The highest BCUT2D eigenvalue weighted by atomic mass is 16.4. The van der Waals surface area contributed by atoms with Crippen LogP contribution in [0.5, 0.6) is 0 Å². The van der Waals surface area contributed by atoms with Crippen LogP contribution in [0.15, 0.2) is 0 Å². The summed E-state index contributed by atoms with van der Waals surface area (Å²) < 4.78 is 0. The predicted octanol–water partition coefficient (Wildman–Crippen LogP) is -4.24. The molecule has 0 aromatic carbocycles. The van der Waals surface area contributed by atoms with Crippen LogP contribution in [0.1, 0.15) is 0 Å². The Hall–Kier alpha value is -0.770. The first-order valence-corrected chi connectivity index (χ1v) is 5.79. The maximum atomic E-state index is 11.4. The Morgan fingerprint density at radius 3 is 2.17 bits per heavy atom. The highest BCUT2D eigenvalue weighted by molar-refractivity contribution is 5.80. The van der Waals surface area contributed by atoms with Gasteiger partial charge in [0.25, 0.3) is 0 Å². The molecule has 8 nitrogen and oxygen atoms in total. The van der Waals surface area contributed by atoms with Crippen LogP contribution in [0.3, 0.4) is 0 Å². The maximum Gasteiger partial charge on any atom is 0.225 e. The summed E-state index contributed by atoms with van der Waals surface area (Å²) in [5.74, 6) is -0.375. The van der Waals surface area contributed by atoms with E-state index in [1.807, 2.05) is 0 Å². The van der Waals surface area contributed by atoms with E-state index in [1.165, 1.54) is 0 Å². The lowest BCUT2D eigenvalue weighted by Gasteiger charge is -2.28. The van der Waals surface area contributed by atoms with Crippen LogP contribution in [0, 0.1) is 5.92 Å². The molecule has 1 fully saturated rings. The van der Waals surface area contributed by atoms with Crippen LogP contribution >= 0.6 is 0 Å². The van der Waals surface area contributed by atoms with Gasteiger partial charge in [-0.15, -0.1) is 0 Å². The number of hydrogen-bond acceptors (Lipinski definition) is 7. The molecule has 1 amide bonds. The Kier molecular flexibility index (Phi) is 5.93. The number of nitrogens with one attached hydrogen (secondary N) is 2. The molecule has 4 atom stereocenters. The second-order valence-electron chi connectivity index (χ2n) is 4.40. The van der Waals surface area contributed by atoms with E-state index in [9.17, 15) is 20.1 Å². The van der Waals surface area contributed by atoms with E-state index in [4.69, 9.17) is 10.2 Å². The summed E-state index contributed by atoms with van der Waals surface area (Å²) in [5.41, 5.74) is 0. The topological polar surface area (TPSA) is 142 Å². The highest BCUT2D eigenvalue weighted by Crippen LogP contribution is 2.06. The minimum absolute atomic E-state index is 0.137. The zero-order valence-corrected chi connectivity index (χ0v) is 9.86. The molecule has 1 aliphatic heterocycles. The number of carbonyl (C=O) groups is 1. The van der Waals surface area contributed by atoms with Crippen molar-refractivity contribution in [2.24, 2.45) is 5.92 Å². The average Bonchev–Trinajstić information content (AvgIpc) is 2.30. The van der Waals surface area contributed by atoms with Crippen LogP contribution in [-0.4, -0.2) is 82.1 Å². The summed E-state index contributed by atoms with van der Waals surface area (Å²) in [6, 6.07) is 0. The molecule has 0 unspecified atom stereocenters. The Bertz CT molecular complexity index is 273. The zero-order chi connectivity index (χ0) is 13.7. The molecule has 106 valence electrons. The smallest absolute Gasteiger partial charge is 0.225 e. The third-order valence-electron chi connectivity index (χ3n) is 2.96. The van der Waals surface area contributed by atoms with E-state index in [0.717, 1.165) is 0 Å². The van der Waals surface area contributed by atoms with Crippen LogP contribution < -0.4 is 10.6 Å². The van der Waals surface area contributed by atoms with Gasteiger partial charge in [-0.3, -0.25) is 4.79 Å². The number of hydrogen-bond donors (Lipinski definition) is 7. The Morgan fingerprint density at radius 1 is 1.17 bits per heavy atom. The third-order valence-corrected chi connectivity index (χ3v) is 2.96. The predicted molar refractivity (Wildman–Crippen MR) is 60.5 cm³/mol. The third kappa shape index (κ3) is 3.87. The Morgan fingerprint density at radius 2 is 1.72 bits per heavy atom. The number of amides is 1. The first-order valence-electron chi connectivity index (χ1n) is 5.79. The molecule has 1 rings (SSSR count). The average molecular weight is 264 g/mol. The lowest BCUT2D eigenvalue weighted by atomic mass is 10.0. The Labute approximate surface area is 104 Å². The van der Waals surface area contributed by atoms with E-state index in [2.05, 4.69) is 10.6 Å².